The van der Waals surface area contributed by atoms with Crippen LogP contribution in [-0.4, -0.2) is 44.2 Å². The monoisotopic (exact) mass is 253 g/mol. The maximum absolute atomic E-state index is 5.94. The lowest BCUT2D eigenvalue weighted by atomic mass is 10.1. The Labute approximate surface area is 108 Å². The van der Waals surface area contributed by atoms with Gasteiger partial charge in [0.05, 0.1) is 0 Å². The summed E-state index contributed by atoms with van der Waals surface area (Å²) in [5, 5.41) is 7.63. The van der Waals surface area contributed by atoms with Crippen LogP contribution in [0.5, 0.6) is 0 Å². The number of benzene rings is 1. The molecule has 2 rings (SSSR count). The summed E-state index contributed by atoms with van der Waals surface area (Å²) in [5.41, 5.74) is 1.10. The molecule has 1 fully saturated rings. The van der Waals surface area contributed by atoms with E-state index in [1.807, 2.05) is 18.2 Å². The first-order valence-electron chi connectivity index (χ1n) is 6.16. The Hall–Kier alpha value is -0.770. The molecular formula is C13H20ClN3. The number of rotatable bonds is 4. The van der Waals surface area contributed by atoms with E-state index >= 15 is 0 Å². The van der Waals surface area contributed by atoms with Crippen LogP contribution < -0.4 is 10.6 Å². The molecule has 0 saturated carbocycles. The molecule has 1 atom stereocenters. The zero-order chi connectivity index (χ0) is 12.1. The minimum atomic E-state index is 0.635. The molecule has 3 nitrogen and oxygen atoms in total. The normalized spacial score (nSPS) is 21.4. The van der Waals surface area contributed by atoms with Crippen molar-refractivity contribution in [2.75, 3.05) is 38.5 Å². The van der Waals surface area contributed by atoms with E-state index in [0.717, 1.165) is 43.3 Å². The lowest BCUT2D eigenvalue weighted by Crippen LogP contribution is -2.49. The van der Waals surface area contributed by atoms with E-state index in [0.29, 0.717) is 6.04 Å². The van der Waals surface area contributed by atoms with Crippen molar-refractivity contribution >= 4 is 17.3 Å². The third-order valence-electron chi connectivity index (χ3n) is 3.28. The van der Waals surface area contributed by atoms with E-state index in [4.69, 9.17) is 11.6 Å². The number of halogens is 1. The van der Waals surface area contributed by atoms with Gasteiger partial charge in [-0.1, -0.05) is 17.7 Å². The molecule has 0 bridgehead atoms. The number of hydrogen-bond donors (Lipinski definition) is 2. The van der Waals surface area contributed by atoms with Crippen LogP contribution in [0.4, 0.5) is 5.69 Å². The molecule has 1 unspecified atom stereocenters. The van der Waals surface area contributed by atoms with Gasteiger partial charge in [-0.05, 0) is 31.7 Å². The van der Waals surface area contributed by atoms with Crippen LogP contribution in [0.1, 0.15) is 6.42 Å². The number of nitrogens with zero attached hydrogens (tertiary/aromatic N) is 1. The van der Waals surface area contributed by atoms with Crippen molar-refractivity contribution in [3.63, 3.8) is 0 Å². The fraction of sp³-hybridized carbons (Fsp3) is 0.538. The summed E-state index contributed by atoms with van der Waals surface area (Å²) in [5.74, 6) is 0. The van der Waals surface area contributed by atoms with Gasteiger partial charge in [0.15, 0.2) is 0 Å². The highest BCUT2D eigenvalue weighted by Crippen LogP contribution is 2.15. The van der Waals surface area contributed by atoms with Crippen molar-refractivity contribution in [1.82, 2.24) is 10.2 Å². The van der Waals surface area contributed by atoms with Gasteiger partial charge in [0.1, 0.15) is 0 Å². The van der Waals surface area contributed by atoms with Crippen LogP contribution in [0.2, 0.25) is 5.02 Å². The number of piperazine rings is 1. The average molecular weight is 254 g/mol. The van der Waals surface area contributed by atoms with E-state index in [-0.39, 0.29) is 0 Å². The van der Waals surface area contributed by atoms with Crippen LogP contribution in [0.15, 0.2) is 24.3 Å². The van der Waals surface area contributed by atoms with E-state index in [1.54, 1.807) is 0 Å². The Bertz CT molecular complexity index is 356. The molecule has 0 aromatic heterocycles. The summed E-state index contributed by atoms with van der Waals surface area (Å²) < 4.78 is 0. The first-order chi connectivity index (χ1) is 8.25. The Balaban J connectivity index is 1.75. The molecule has 0 spiro atoms. The highest BCUT2D eigenvalue weighted by molar-refractivity contribution is 6.30. The van der Waals surface area contributed by atoms with Crippen LogP contribution in [0.25, 0.3) is 0 Å². The fourth-order valence-corrected chi connectivity index (χ4v) is 2.36. The first kappa shape index (κ1) is 12.7. The lowest BCUT2D eigenvalue weighted by Gasteiger charge is -2.33. The molecule has 4 heteroatoms. The topological polar surface area (TPSA) is 27.3 Å². The molecule has 1 aromatic rings. The molecule has 1 saturated heterocycles. The predicted octanol–water partition coefficient (Wildman–Crippen LogP) is 2.05. The Morgan fingerprint density at radius 1 is 1.53 bits per heavy atom. The van der Waals surface area contributed by atoms with E-state index in [2.05, 4.69) is 28.6 Å². The SMILES string of the molecule is CN1CCNCC1CCNc1cccc(Cl)c1. The zero-order valence-corrected chi connectivity index (χ0v) is 11.0. The lowest BCUT2D eigenvalue weighted by molar-refractivity contribution is 0.194. The minimum absolute atomic E-state index is 0.635. The molecule has 0 radical (unpaired) electrons. The number of hydrogen-bond acceptors (Lipinski definition) is 3. The maximum Gasteiger partial charge on any atom is 0.0426 e. The summed E-state index contributed by atoms with van der Waals surface area (Å²) in [6.07, 6.45) is 1.15. The first-order valence-corrected chi connectivity index (χ1v) is 6.54. The van der Waals surface area contributed by atoms with Crippen molar-refractivity contribution in [2.24, 2.45) is 0 Å². The van der Waals surface area contributed by atoms with Gasteiger partial charge < -0.3 is 15.5 Å². The highest BCUT2D eigenvalue weighted by Gasteiger charge is 2.17. The van der Waals surface area contributed by atoms with Crippen LogP contribution in [0.3, 0.4) is 0 Å². The van der Waals surface area contributed by atoms with E-state index in [9.17, 15) is 0 Å². The quantitative estimate of drug-likeness (QED) is 0.860. The number of nitrogens with one attached hydrogen (secondary N) is 2. The Morgan fingerprint density at radius 3 is 3.18 bits per heavy atom. The molecule has 1 heterocycles. The Kier molecular flexibility index (Phi) is 4.66. The fourth-order valence-electron chi connectivity index (χ4n) is 2.17. The second-order valence-corrected chi connectivity index (χ2v) is 5.00. The molecule has 94 valence electrons. The minimum Gasteiger partial charge on any atom is -0.385 e. The van der Waals surface area contributed by atoms with Crippen molar-refractivity contribution in [3.05, 3.63) is 29.3 Å². The van der Waals surface area contributed by atoms with Gasteiger partial charge in [-0.2, -0.15) is 0 Å². The summed E-state index contributed by atoms with van der Waals surface area (Å²) in [6, 6.07) is 8.51. The molecule has 2 N–H and O–H groups in total. The predicted molar refractivity (Wildman–Crippen MR) is 73.8 cm³/mol. The summed E-state index contributed by atoms with van der Waals surface area (Å²) in [4.78, 5) is 2.43. The van der Waals surface area contributed by atoms with Gasteiger partial charge in [-0.3, -0.25) is 0 Å². The van der Waals surface area contributed by atoms with Crippen molar-refractivity contribution in [2.45, 2.75) is 12.5 Å². The van der Waals surface area contributed by atoms with Gasteiger partial charge in [-0.15, -0.1) is 0 Å². The summed E-state index contributed by atoms with van der Waals surface area (Å²) in [7, 11) is 2.20. The third kappa shape index (κ3) is 3.87. The number of anilines is 1. The van der Waals surface area contributed by atoms with Crippen LogP contribution in [0, 0.1) is 0 Å². The molecule has 1 aliphatic heterocycles. The van der Waals surface area contributed by atoms with E-state index in [1.165, 1.54) is 0 Å². The standard InChI is InChI=1S/C13H20ClN3/c1-17-8-7-15-10-13(17)5-6-16-12-4-2-3-11(14)9-12/h2-4,9,13,15-16H,5-8,10H2,1H3. The molecule has 1 aromatic carbocycles. The van der Waals surface area contributed by atoms with Crippen molar-refractivity contribution in [1.29, 1.82) is 0 Å². The maximum atomic E-state index is 5.94. The zero-order valence-electron chi connectivity index (χ0n) is 10.2. The van der Waals surface area contributed by atoms with Crippen LogP contribution in [-0.2, 0) is 0 Å². The second-order valence-electron chi connectivity index (χ2n) is 4.56. The largest absolute Gasteiger partial charge is 0.385 e. The molecular weight excluding hydrogens is 234 g/mol. The van der Waals surface area contributed by atoms with Crippen LogP contribution >= 0.6 is 11.6 Å². The smallest absolute Gasteiger partial charge is 0.0426 e. The molecule has 1 aliphatic rings. The molecule has 0 amide bonds. The Morgan fingerprint density at radius 2 is 2.41 bits per heavy atom. The van der Waals surface area contributed by atoms with Gasteiger partial charge >= 0.3 is 0 Å². The molecule has 0 aliphatic carbocycles. The highest BCUT2D eigenvalue weighted by atomic mass is 35.5. The second kappa shape index (κ2) is 6.24. The van der Waals surface area contributed by atoms with Crippen molar-refractivity contribution in [3.8, 4) is 0 Å². The van der Waals surface area contributed by atoms with Crippen molar-refractivity contribution < 1.29 is 0 Å². The molecule has 17 heavy (non-hydrogen) atoms. The average Bonchev–Trinajstić information content (AvgIpc) is 2.32. The van der Waals surface area contributed by atoms with E-state index < -0.39 is 0 Å². The van der Waals surface area contributed by atoms with Gasteiger partial charge in [0.2, 0.25) is 0 Å². The third-order valence-corrected chi connectivity index (χ3v) is 3.51. The van der Waals surface area contributed by atoms with Gasteiger partial charge in [-0.25, -0.2) is 0 Å². The van der Waals surface area contributed by atoms with Gasteiger partial charge in [0, 0.05) is 42.9 Å². The van der Waals surface area contributed by atoms with Gasteiger partial charge in [0.25, 0.3) is 0 Å². The number of likely N-dealkylation sites (N-methyl/N-ethyl adjacent to an activating group) is 1. The summed E-state index contributed by atoms with van der Waals surface area (Å²) in [6.45, 7) is 4.32. The summed E-state index contributed by atoms with van der Waals surface area (Å²) >= 11 is 5.94.